The Bertz CT molecular complexity index is 316. The van der Waals surface area contributed by atoms with Crippen LogP contribution in [0, 0.1) is 5.92 Å². The lowest BCUT2D eigenvalue weighted by Gasteiger charge is -2.39. The summed E-state index contributed by atoms with van der Waals surface area (Å²) in [6, 6.07) is 0. The number of rotatable bonds is 4. The Morgan fingerprint density at radius 1 is 1.59 bits per heavy atom. The number of aliphatic carboxylic acids is 1. The highest BCUT2D eigenvalue weighted by Gasteiger charge is 2.46. The summed E-state index contributed by atoms with van der Waals surface area (Å²) in [6.07, 6.45) is 3.80. The fraction of sp³-hybridized carbons (Fsp3) is 0.667. The average Bonchev–Trinajstić information content (AvgIpc) is 2.29. The summed E-state index contributed by atoms with van der Waals surface area (Å²) in [5, 5.41) is 11.9. The molecule has 0 bridgehead atoms. The van der Waals surface area contributed by atoms with Crippen LogP contribution in [-0.2, 0) is 9.53 Å². The molecule has 2 atom stereocenters. The third-order valence-corrected chi connectivity index (χ3v) is 3.34. The van der Waals surface area contributed by atoms with Crippen LogP contribution in [0.4, 0.5) is 4.79 Å². The number of hydrogen-bond donors (Lipinski definition) is 2. The number of hydrogen-bond acceptors (Lipinski definition) is 3. The number of carboxylic acids is 1. The molecule has 0 aromatic rings. The Kier molecular flexibility index (Phi) is 4.54. The molecule has 0 radical (unpaired) electrons. The molecule has 1 saturated carbocycles. The molecule has 0 heterocycles. The van der Waals surface area contributed by atoms with Gasteiger partial charge in [-0.3, -0.25) is 0 Å². The summed E-state index contributed by atoms with van der Waals surface area (Å²) in [6.45, 7) is 5.35. The van der Waals surface area contributed by atoms with E-state index in [-0.39, 0.29) is 12.5 Å². The molecule has 2 N–H and O–H groups in total. The van der Waals surface area contributed by atoms with Gasteiger partial charge in [-0.1, -0.05) is 32.4 Å². The highest BCUT2D eigenvalue weighted by atomic mass is 16.5. The van der Waals surface area contributed by atoms with E-state index in [1.54, 1.807) is 0 Å². The van der Waals surface area contributed by atoms with E-state index in [9.17, 15) is 14.7 Å². The Balaban J connectivity index is 2.74. The second-order valence-corrected chi connectivity index (χ2v) is 4.44. The Morgan fingerprint density at radius 3 is 2.82 bits per heavy atom. The van der Waals surface area contributed by atoms with E-state index in [4.69, 9.17) is 4.74 Å². The van der Waals surface area contributed by atoms with E-state index in [1.165, 1.54) is 6.08 Å². The van der Waals surface area contributed by atoms with Crippen molar-refractivity contribution in [2.24, 2.45) is 5.92 Å². The van der Waals surface area contributed by atoms with Gasteiger partial charge in [-0.25, -0.2) is 9.59 Å². The Morgan fingerprint density at radius 2 is 2.29 bits per heavy atom. The molecule has 96 valence electrons. The van der Waals surface area contributed by atoms with Gasteiger partial charge in [-0.2, -0.15) is 0 Å². The zero-order chi connectivity index (χ0) is 12.9. The first-order valence-electron chi connectivity index (χ1n) is 5.82. The van der Waals surface area contributed by atoms with Gasteiger partial charge in [0.05, 0.1) is 0 Å². The summed E-state index contributed by atoms with van der Waals surface area (Å²) < 4.78 is 4.79. The molecule has 2 unspecified atom stereocenters. The number of ether oxygens (including phenoxy) is 1. The Labute approximate surface area is 101 Å². The van der Waals surface area contributed by atoms with Crippen LogP contribution in [0.25, 0.3) is 0 Å². The molecule has 5 heteroatoms. The van der Waals surface area contributed by atoms with E-state index < -0.39 is 17.6 Å². The molecule has 0 saturated heterocycles. The lowest BCUT2D eigenvalue weighted by atomic mass is 9.73. The van der Waals surface area contributed by atoms with Crippen molar-refractivity contribution in [1.29, 1.82) is 0 Å². The van der Waals surface area contributed by atoms with Crippen molar-refractivity contribution in [3.63, 3.8) is 0 Å². The van der Waals surface area contributed by atoms with Gasteiger partial charge < -0.3 is 15.2 Å². The number of carbonyl (C=O) groups is 2. The second-order valence-electron chi connectivity index (χ2n) is 4.44. The van der Waals surface area contributed by atoms with Crippen molar-refractivity contribution < 1.29 is 19.4 Å². The lowest BCUT2D eigenvalue weighted by Crippen LogP contribution is -2.60. The standard InChI is InChI=1S/C12H19NO4/c1-3-8-17-11(16)13-12(10(14)15)7-5-4-6-9(12)2/h3,9H,1,4-8H2,2H3,(H,13,16)(H,14,15). The van der Waals surface area contributed by atoms with Crippen molar-refractivity contribution in [2.45, 2.75) is 38.1 Å². The minimum atomic E-state index is -1.18. The van der Waals surface area contributed by atoms with E-state index in [1.807, 2.05) is 6.92 Å². The molecule has 1 rings (SSSR count). The van der Waals surface area contributed by atoms with Crippen LogP contribution >= 0.6 is 0 Å². The third kappa shape index (κ3) is 2.99. The van der Waals surface area contributed by atoms with Gasteiger partial charge in [0.2, 0.25) is 0 Å². The van der Waals surface area contributed by atoms with Crippen LogP contribution in [0.3, 0.4) is 0 Å². The number of carboxylic acid groups (broad SMARTS) is 1. The largest absolute Gasteiger partial charge is 0.479 e. The number of carbonyl (C=O) groups excluding carboxylic acids is 1. The van der Waals surface area contributed by atoms with Gasteiger partial charge in [-0.05, 0) is 18.8 Å². The topological polar surface area (TPSA) is 75.6 Å². The first-order chi connectivity index (χ1) is 8.03. The molecule has 0 aromatic carbocycles. The first-order valence-corrected chi connectivity index (χ1v) is 5.82. The van der Waals surface area contributed by atoms with E-state index in [0.717, 1.165) is 19.3 Å². The maximum absolute atomic E-state index is 11.5. The summed E-state index contributed by atoms with van der Waals surface area (Å²) in [5.74, 6) is -1.08. The molecule has 0 aromatic heterocycles. The second kappa shape index (κ2) is 5.70. The maximum Gasteiger partial charge on any atom is 0.408 e. The SMILES string of the molecule is C=CCOC(=O)NC1(C(=O)O)CCCCC1C. The minimum absolute atomic E-state index is 0.0793. The number of alkyl carbamates (subject to hydrolysis) is 1. The highest BCUT2D eigenvalue weighted by molar-refractivity contribution is 5.84. The first kappa shape index (κ1) is 13.5. The monoisotopic (exact) mass is 241 g/mol. The van der Waals surface area contributed by atoms with Crippen LogP contribution in [0.5, 0.6) is 0 Å². The highest BCUT2D eigenvalue weighted by Crippen LogP contribution is 2.34. The third-order valence-electron chi connectivity index (χ3n) is 3.34. The zero-order valence-corrected chi connectivity index (χ0v) is 10.1. The average molecular weight is 241 g/mol. The van der Waals surface area contributed by atoms with Gasteiger partial charge in [0.15, 0.2) is 0 Å². The molecular formula is C12H19NO4. The molecular weight excluding hydrogens is 222 g/mol. The van der Waals surface area contributed by atoms with Crippen molar-refractivity contribution in [3.05, 3.63) is 12.7 Å². The molecule has 0 aliphatic heterocycles. The Hall–Kier alpha value is -1.52. The molecule has 17 heavy (non-hydrogen) atoms. The fourth-order valence-corrected chi connectivity index (χ4v) is 2.26. The molecule has 1 aliphatic rings. The predicted molar refractivity (Wildman–Crippen MR) is 62.7 cm³/mol. The van der Waals surface area contributed by atoms with E-state index in [0.29, 0.717) is 6.42 Å². The van der Waals surface area contributed by atoms with E-state index in [2.05, 4.69) is 11.9 Å². The predicted octanol–water partition coefficient (Wildman–Crippen LogP) is 1.93. The van der Waals surface area contributed by atoms with E-state index >= 15 is 0 Å². The van der Waals surface area contributed by atoms with Gasteiger partial charge in [0.25, 0.3) is 0 Å². The minimum Gasteiger partial charge on any atom is -0.479 e. The fourth-order valence-electron chi connectivity index (χ4n) is 2.26. The summed E-state index contributed by atoms with van der Waals surface area (Å²) in [7, 11) is 0. The summed E-state index contributed by atoms with van der Waals surface area (Å²) in [5.41, 5.74) is -1.18. The van der Waals surface area contributed by atoms with Crippen LogP contribution in [-0.4, -0.2) is 29.3 Å². The smallest absolute Gasteiger partial charge is 0.408 e. The van der Waals surface area contributed by atoms with Crippen molar-refractivity contribution in [2.75, 3.05) is 6.61 Å². The van der Waals surface area contributed by atoms with Gasteiger partial charge >= 0.3 is 12.1 Å². The molecule has 5 nitrogen and oxygen atoms in total. The molecule has 1 fully saturated rings. The molecule has 1 amide bonds. The maximum atomic E-state index is 11.5. The summed E-state index contributed by atoms with van der Waals surface area (Å²) in [4.78, 5) is 22.9. The van der Waals surface area contributed by atoms with Crippen LogP contribution in [0.15, 0.2) is 12.7 Å². The quantitative estimate of drug-likeness (QED) is 0.737. The van der Waals surface area contributed by atoms with Gasteiger partial charge in [-0.15, -0.1) is 0 Å². The lowest BCUT2D eigenvalue weighted by molar-refractivity contribution is -0.148. The molecule has 1 aliphatic carbocycles. The van der Waals surface area contributed by atoms with Crippen LogP contribution in [0.1, 0.15) is 32.6 Å². The molecule has 0 spiro atoms. The zero-order valence-electron chi connectivity index (χ0n) is 10.1. The van der Waals surface area contributed by atoms with Crippen molar-refractivity contribution in [3.8, 4) is 0 Å². The normalized spacial score (nSPS) is 28.2. The number of nitrogens with one attached hydrogen (secondary N) is 1. The van der Waals surface area contributed by atoms with Crippen LogP contribution < -0.4 is 5.32 Å². The van der Waals surface area contributed by atoms with Crippen molar-refractivity contribution >= 4 is 12.1 Å². The van der Waals surface area contributed by atoms with Gasteiger partial charge in [0, 0.05) is 0 Å². The summed E-state index contributed by atoms with van der Waals surface area (Å²) >= 11 is 0. The number of amides is 1. The van der Waals surface area contributed by atoms with Crippen molar-refractivity contribution in [1.82, 2.24) is 5.32 Å². The van der Waals surface area contributed by atoms with Crippen LogP contribution in [0.2, 0.25) is 0 Å². The van der Waals surface area contributed by atoms with Gasteiger partial charge in [0.1, 0.15) is 12.1 Å².